The van der Waals surface area contributed by atoms with Gasteiger partial charge in [-0.25, -0.2) is 22.6 Å². The van der Waals surface area contributed by atoms with Gasteiger partial charge in [0.1, 0.15) is 11.6 Å². The monoisotopic (exact) mass is 598 g/mol. The molecule has 0 saturated carbocycles. The van der Waals surface area contributed by atoms with Crippen LogP contribution in [0.1, 0.15) is 30.6 Å². The molecular weight excluding hydrogens is 562 g/mol. The largest absolute Gasteiger partial charge is 0.382 e. The van der Waals surface area contributed by atoms with E-state index in [-0.39, 0.29) is 4.90 Å². The second kappa shape index (κ2) is 12.9. The molecule has 4 aromatic rings. The van der Waals surface area contributed by atoms with Crippen molar-refractivity contribution >= 4 is 38.0 Å². The Kier molecular flexibility index (Phi) is 9.47. The van der Waals surface area contributed by atoms with Crippen molar-refractivity contribution < 1.29 is 22.0 Å². The number of nitrogens with one attached hydrogen (secondary N) is 2. The molecule has 0 fully saturated rings. The number of hydrogen-bond donors (Lipinski definition) is 2. The molecule has 1 heterocycles. The maximum Gasteiger partial charge on any atom is 0.273 e. The predicted molar refractivity (Wildman–Crippen MR) is 161 cm³/mol. The molecule has 0 atom stereocenters. The first kappa shape index (κ1) is 30.9. The SMILES string of the molecule is CC(C)CNc1c(C(=O)Nn2ncc3cc(S(=O)(=O)c4cc(F)cc(F)c4)ccc32)cccc1N(C)CCCN(C)C. The Morgan fingerprint density at radius 2 is 1.69 bits per heavy atom. The average molecular weight is 599 g/mol. The third-order valence-corrected chi connectivity index (χ3v) is 8.42. The Hall–Kier alpha value is -4.03. The molecule has 1 aromatic heterocycles. The Balaban J connectivity index is 1.62. The van der Waals surface area contributed by atoms with E-state index in [2.05, 4.69) is 39.5 Å². The lowest BCUT2D eigenvalue weighted by atomic mass is 10.1. The highest BCUT2D eigenvalue weighted by molar-refractivity contribution is 7.91. The number of nitrogens with zero attached hydrogens (tertiary/aromatic N) is 4. The molecule has 0 saturated heterocycles. The van der Waals surface area contributed by atoms with Crippen LogP contribution in [0.5, 0.6) is 0 Å². The minimum absolute atomic E-state index is 0.156. The van der Waals surface area contributed by atoms with Crippen LogP contribution in [0.15, 0.2) is 70.6 Å². The molecule has 0 bridgehead atoms. The number of fused-ring (bicyclic) bond motifs is 1. The molecule has 0 aliphatic carbocycles. The van der Waals surface area contributed by atoms with Crippen LogP contribution >= 0.6 is 0 Å². The lowest BCUT2D eigenvalue weighted by Gasteiger charge is -2.26. The summed E-state index contributed by atoms with van der Waals surface area (Å²) in [6.45, 7) is 6.58. The van der Waals surface area contributed by atoms with Gasteiger partial charge in [-0.05, 0) is 75.4 Å². The molecule has 224 valence electrons. The first-order valence-electron chi connectivity index (χ1n) is 13.6. The van der Waals surface area contributed by atoms with Crippen molar-refractivity contribution in [1.29, 1.82) is 0 Å². The van der Waals surface area contributed by atoms with E-state index in [1.54, 1.807) is 6.07 Å². The van der Waals surface area contributed by atoms with Crippen LogP contribution in [0.25, 0.3) is 10.9 Å². The van der Waals surface area contributed by atoms with Crippen molar-refractivity contribution in [2.45, 2.75) is 30.1 Å². The lowest BCUT2D eigenvalue weighted by molar-refractivity contribution is 0.101. The summed E-state index contributed by atoms with van der Waals surface area (Å²) in [7, 11) is 1.87. The van der Waals surface area contributed by atoms with Crippen LogP contribution in [-0.4, -0.2) is 69.9 Å². The standard InChI is InChI=1S/C30H36F2N6O3S/c1-20(2)18-33-29-26(8-6-9-28(29)37(5)13-7-12-36(3)4)30(39)35-38-27-11-10-24(14-21(27)19-34-38)42(40,41)25-16-22(31)15-23(32)17-25/h6,8-11,14-17,19-20,33H,7,12-13,18H2,1-5H3,(H,35,39). The van der Waals surface area contributed by atoms with Gasteiger partial charge in [0, 0.05) is 31.6 Å². The van der Waals surface area contributed by atoms with Crippen LogP contribution < -0.4 is 15.6 Å². The van der Waals surface area contributed by atoms with Gasteiger partial charge in [-0.3, -0.25) is 4.79 Å². The minimum Gasteiger partial charge on any atom is -0.382 e. The van der Waals surface area contributed by atoms with Crippen LogP contribution in [0.3, 0.4) is 0 Å². The summed E-state index contributed by atoms with van der Waals surface area (Å²) in [6.07, 6.45) is 2.36. The maximum absolute atomic E-state index is 13.7. The molecule has 2 N–H and O–H groups in total. The fraction of sp³-hybridized carbons (Fsp3) is 0.333. The molecule has 3 aromatic carbocycles. The van der Waals surface area contributed by atoms with E-state index in [4.69, 9.17) is 0 Å². The number of halogens is 2. The summed E-state index contributed by atoms with van der Waals surface area (Å²) >= 11 is 0. The van der Waals surface area contributed by atoms with Gasteiger partial charge in [0.15, 0.2) is 0 Å². The molecule has 0 aliphatic rings. The molecule has 9 nitrogen and oxygen atoms in total. The fourth-order valence-corrected chi connectivity index (χ4v) is 5.86. The molecule has 0 unspecified atom stereocenters. The van der Waals surface area contributed by atoms with E-state index in [0.717, 1.165) is 37.3 Å². The van der Waals surface area contributed by atoms with Crippen molar-refractivity contribution in [2.24, 2.45) is 5.92 Å². The number of carbonyl (C=O) groups is 1. The summed E-state index contributed by atoms with van der Waals surface area (Å²) in [5.74, 6) is -2.04. The van der Waals surface area contributed by atoms with Crippen LogP contribution in [0.2, 0.25) is 0 Å². The second-order valence-corrected chi connectivity index (χ2v) is 12.8. The summed E-state index contributed by atoms with van der Waals surface area (Å²) in [5, 5.41) is 8.10. The van der Waals surface area contributed by atoms with E-state index in [1.807, 2.05) is 33.3 Å². The number of para-hydroxylation sites is 1. The number of amides is 1. The van der Waals surface area contributed by atoms with E-state index >= 15 is 0 Å². The Morgan fingerprint density at radius 1 is 0.976 bits per heavy atom. The van der Waals surface area contributed by atoms with Crippen molar-refractivity contribution in [3.63, 3.8) is 0 Å². The first-order valence-corrected chi connectivity index (χ1v) is 15.1. The summed E-state index contributed by atoms with van der Waals surface area (Å²) < 4.78 is 53.5. The zero-order valence-corrected chi connectivity index (χ0v) is 25.2. The van der Waals surface area contributed by atoms with E-state index in [1.165, 1.54) is 29.2 Å². The zero-order valence-electron chi connectivity index (χ0n) is 24.4. The minimum atomic E-state index is -4.20. The molecule has 1 amide bonds. The molecule has 42 heavy (non-hydrogen) atoms. The maximum atomic E-state index is 13.7. The molecular formula is C30H36F2N6O3S. The van der Waals surface area contributed by atoms with Crippen molar-refractivity contribution in [3.8, 4) is 0 Å². The van der Waals surface area contributed by atoms with Crippen LogP contribution in [-0.2, 0) is 9.84 Å². The molecule has 4 rings (SSSR count). The van der Waals surface area contributed by atoms with E-state index in [9.17, 15) is 22.0 Å². The average Bonchev–Trinajstić information content (AvgIpc) is 3.32. The Labute approximate surface area is 245 Å². The smallest absolute Gasteiger partial charge is 0.273 e. The van der Waals surface area contributed by atoms with Crippen molar-refractivity contribution in [2.75, 3.05) is 56.4 Å². The molecule has 12 heteroatoms. The van der Waals surface area contributed by atoms with Gasteiger partial charge in [-0.2, -0.15) is 9.89 Å². The van der Waals surface area contributed by atoms with E-state index in [0.29, 0.717) is 40.7 Å². The van der Waals surface area contributed by atoms with E-state index < -0.39 is 32.3 Å². The van der Waals surface area contributed by atoms with Crippen molar-refractivity contribution in [1.82, 2.24) is 14.8 Å². The predicted octanol–water partition coefficient (Wildman–Crippen LogP) is 4.99. The molecule has 0 spiro atoms. The summed E-state index contributed by atoms with van der Waals surface area (Å²) in [4.78, 5) is 18.4. The number of sulfone groups is 1. The van der Waals surface area contributed by atoms with Gasteiger partial charge in [0.25, 0.3) is 5.91 Å². The normalized spacial score (nSPS) is 11.8. The van der Waals surface area contributed by atoms with Gasteiger partial charge in [0.2, 0.25) is 9.84 Å². The third-order valence-electron chi connectivity index (χ3n) is 6.69. The zero-order chi connectivity index (χ0) is 30.6. The summed E-state index contributed by atoms with van der Waals surface area (Å²) in [6, 6.07) is 11.8. The highest BCUT2D eigenvalue weighted by atomic mass is 32.2. The number of anilines is 2. The third kappa shape index (κ3) is 7.05. The second-order valence-electron chi connectivity index (χ2n) is 10.9. The number of rotatable bonds is 12. The Morgan fingerprint density at radius 3 is 2.36 bits per heavy atom. The Bertz CT molecular complexity index is 1670. The number of benzene rings is 3. The quantitative estimate of drug-likeness (QED) is 0.237. The number of carbonyl (C=O) groups excluding carboxylic acids is 1. The summed E-state index contributed by atoms with van der Waals surface area (Å²) in [5.41, 5.74) is 5.28. The van der Waals surface area contributed by atoms with Crippen LogP contribution in [0.4, 0.5) is 20.2 Å². The van der Waals surface area contributed by atoms with Gasteiger partial charge >= 0.3 is 0 Å². The van der Waals surface area contributed by atoms with Crippen LogP contribution in [0, 0.1) is 17.6 Å². The molecule has 0 aliphatic heterocycles. The highest BCUT2D eigenvalue weighted by Crippen LogP contribution is 2.30. The topological polar surface area (TPSA) is 99.6 Å². The van der Waals surface area contributed by atoms with Gasteiger partial charge in [-0.15, -0.1) is 0 Å². The van der Waals surface area contributed by atoms with Crippen molar-refractivity contribution in [3.05, 3.63) is 78.0 Å². The van der Waals surface area contributed by atoms with Gasteiger partial charge in [0.05, 0.1) is 38.4 Å². The number of aromatic nitrogens is 2. The number of hydrogen-bond acceptors (Lipinski definition) is 7. The highest BCUT2D eigenvalue weighted by Gasteiger charge is 2.22. The van der Waals surface area contributed by atoms with Gasteiger partial charge in [-0.1, -0.05) is 19.9 Å². The first-order chi connectivity index (χ1) is 19.9. The fourth-order valence-electron chi connectivity index (χ4n) is 4.53. The lowest BCUT2D eigenvalue weighted by Crippen LogP contribution is -2.28. The van der Waals surface area contributed by atoms with Gasteiger partial charge < -0.3 is 15.1 Å². The molecule has 0 radical (unpaired) electrons.